The number of hydrogen-bond donors (Lipinski definition) is 1. The third kappa shape index (κ3) is 4.50. The Hall–Kier alpha value is -3.58. The first-order valence-electron chi connectivity index (χ1n) is 11.0. The van der Waals surface area contributed by atoms with Gasteiger partial charge >= 0.3 is 0 Å². The molecule has 0 radical (unpaired) electrons. The van der Waals surface area contributed by atoms with Gasteiger partial charge in [0.1, 0.15) is 11.3 Å². The molecule has 0 aliphatic carbocycles. The molecule has 0 spiro atoms. The smallest absolute Gasteiger partial charge is 0.290 e. The molecule has 2 aromatic carbocycles. The van der Waals surface area contributed by atoms with Crippen molar-refractivity contribution in [2.75, 3.05) is 26.9 Å². The van der Waals surface area contributed by atoms with Gasteiger partial charge in [0.05, 0.1) is 24.8 Å². The number of Topliss-reactive ketones (excluding diaryl/α,β-unsaturated/α-hetero) is 1. The highest BCUT2D eigenvalue weighted by Crippen LogP contribution is 2.39. The van der Waals surface area contributed by atoms with Crippen molar-refractivity contribution < 1.29 is 28.6 Å². The first kappa shape index (κ1) is 22.6. The largest absolute Gasteiger partial charge is 0.503 e. The second-order valence-electron chi connectivity index (χ2n) is 7.90. The van der Waals surface area contributed by atoms with Crippen molar-refractivity contribution >= 4 is 22.7 Å². The predicted molar refractivity (Wildman–Crippen MR) is 123 cm³/mol. The number of methoxy groups -OCH3 is 1. The van der Waals surface area contributed by atoms with Crippen LogP contribution in [0.1, 0.15) is 41.9 Å². The van der Waals surface area contributed by atoms with Crippen LogP contribution in [0.15, 0.2) is 70.3 Å². The van der Waals surface area contributed by atoms with Crippen LogP contribution in [0.2, 0.25) is 0 Å². The van der Waals surface area contributed by atoms with Crippen molar-refractivity contribution in [3.05, 3.63) is 77.3 Å². The molecule has 1 amide bonds. The van der Waals surface area contributed by atoms with Gasteiger partial charge in [-0.15, -0.1) is 0 Å². The summed E-state index contributed by atoms with van der Waals surface area (Å²) in [4.78, 5) is 27.8. The minimum Gasteiger partial charge on any atom is -0.503 e. The maximum absolute atomic E-state index is 13.5. The van der Waals surface area contributed by atoms with Gasteiger partial charge in [-0.05, 0) is 36.2 Å². The maximum atomic E-state index is 13.5. The summed E-state index contributed by atoms with van der Waals surface area (Å²) in [7, 11) is 1.53. The zero-order valence-electron chi connectivity index (χ0n) is 18.7. The average molecular weight is 450 g/mol. The monoisotopic (exact) mass is 449 g/mol. The Morgan fingerprint density at radius 1 is 1.12 bits per heavy atom. The number of ether oxygens (including phenoxy) is 2. The molecular weight excluding hydrogens is 422 g/mol. The number of aliphatic hydroxyl groups is 1. The first-order valence-corrected chi connectivity index (χ1v) is 11.0. The molecule has 1 aliphatic heterocycles. The number of hydrogen-bond acceptors (Lipinski definition) is 6. The minimum absolute atomic E-state index is 0.00481. The fourth-order valence-corrected chi connectivity index (χ4v) is 3.96. The molecule has 7 heteroatoms. The summed E-state index contributed by atoms with van der Waals surface area (Å²) in [5.74, 6) is -0.920. The highest BCUT2D eigenvalue weighted by molar-refractivity contribution is 6.16. The molecule has 0 bridgehead atoms. The molecule has 1 unspecified atom stereocenters. The summed E-state index contributed by atoms with van der Waals surface area (Å²) in [5.41, 5.74) is 1.24. The van der Waals surface area contributed by atoms with Gasteiger partial charge in [-0.3, -0.25) is 9.59 Å². The zero-order chi connectivity index (χ0) is 23.4. The number of carbonyl (C=O) groups is 2. The summed E-state index contributed by atoms with van der Waals surface area (Å²) in [6.45, 7) is 3.20. The van der Waals surface area contributed by atoms with E-state index in [9.17, 15) is 14.7 Å². The zero-order valence-corrected chi connectivity index (χ0v) is 18.7. The Labute approximate surface area is 192 Å². The van der Waals surface area contributed by atoms with Crippen LogP contribution in [0.5, 0.6) is 5.75 Å². The highest BCUT2D eigenvalue weighted by atomic mass is 16.5. The van der Waals surface area contributed by atoms with Gasteiger partial charge in [0.2, 0.25) is 5.78 Å². The van der Waals surface area contributed by atoms with Crippen LogP contribution < -0.4 is 4.74 Å². The van der Waals surface area contributed by atoms with Gasteiger partial charge in [0, 0.05) is 19.0 Å². The van der Waals surface area contributed by atoms with E-state index >= 15 is 0 Å². The van der Waals surface area contributed by atoms with E-state index in [1.807, 2.05) is 42.5 Å². The Morgan fingerprint density at radius 2 is 1.88 bits per heavy atom. The molecule has 1 aromatic heterocycles. The van der Waals surface area contributed by atoms with Crippen molar-refractivity contribution in [2.45, 2.75) is 25.8 Å². The summed E-state index contributed by atoms with van der Waals surface area (Å²) in [6, 6.07) is 15.4. The molecule has 0 saturated carbocycles. The quantitative estimate of drug-likeness (QED) is 0.352. The first-order chi connectivity index (χ1) is 16.0. The maximum Gasteiger partial charge on any atom is 0.290 e. The average Bonchev–Trinajstić information content (AvgIpc) is 3.37. The van der Waals surface area contributed by atoms with Crippen LogP contribution in [-0.2, 0) is 9.53 Å². The van der Waals surface area contributed by atoms with Crippen molar-refractivity contribution in [2.24, 2.45) is 0 Å². The Bertz CT molecular complexity index is 1140. The van der Waals surface area contributed by atoms with Gasteiger partial charge < -0.3 is 23.9 Å². The second kappa shape index (κ2) is 9.92. The standard InChI is InChI=1S/C26H27NO6/c1-3-4-14-32-19-11-9-17(10-12-19)23-22(25(29)26(30)27(23)13-15-31-2)24(28)21-16-18-7-5-6-8-20(18)33-21/h5-12,16,23,29H,3-4,13-15H2,1-2H3. The summed E-state index contributed by atoms with van der Waals surface area (Å²) >= 11 is 0. The molecule has 1 N–H and O–H groups in total. The van der Waals surface area contributed by atoms with Crippen LogP contribution in [-0.4, -0.2) is 48.6 Å². The second-order valence-corrected chi connectivity index (χ2v) is 7.90. The lowest BCUT2D eigenvalue weighted by atomic mass is 9.95. The number of carbonyl (C=O) groups excluding carboxylic acids is 2. The highest BCUT2D eigenvalue weighted by Gasteiger charge is 2.44. The fourth-order valence-electron chi connectivity index (χ4n) is 3.96. The van der Waals surface area contributed by atoms with Crippen LogP contribution in [0.25, 0.3) is 11.0 Å². The molecule has 33 heavy (non-hydrogen) atoms. The molecule has 4 rings (SSSR count). The molecule has 1 aliphatic rings. The number of rotatable bonds is 10. The fraction of sp³-hybridized carbons (Fsp3) is 0.308. The van der Waals surface area contributed by atoms with Crippen molar-refractivity contribution in [1.82, 2.24) is 4.90 Å². The SMILES string of the molecule is CCCCOc1ccc(C2C(C(=O)c3cc4ccccc4o3)=C(O)C(=O)N2CCOC)cc1. The third-order valence-electron chi connectivity index (χ3n) is 5.70. The van der Waals surface area contributed by atoms with E-state index < -0.39 is 23.5 Å². The Morgan fingerprint density at radius 3 is 2.58 bits per heavy atom. The van der Waals surface area contributed by atoms with Crippen LogP contribution in [0.3, 0.4) is 0 Å². The Kier molecular flexibility index (Phi) is 6.79. The van der Waals surface area contributed by atoms with Crippen molar-refractivity contribution in [3.8, 4) is 5.75 Å². The van der Waals surface area contributed by atoms with Gasteiger partial charge in [-0.25, -0.2) is 0 Å². The van der Waals surface area contributed by atoms with Crippen LogP contribution in [0.4, 0.5) is 0 Å². The van der Waals surface area contributed by atoms with Crippen molar-refractivity contribution in [1.29, 1.82) is 0 Å². The Balaban J connectivity index is 1.69. The number of fused-ring (bicyclic) bond motifs is 1. The van der Waals surface area contributed by atoms with E-state index in [4.69, 9.17) is 13.9 Å². The number of amides is 1. The topological polar surface area (TPSA) is 89.2 Å². The van der Waals surface area contributed by atoms with E-state index in [0.717, 1.165) is 18.2 Å². The molecule has 3 aromatic rings. The molecule has 2 heterocycles. The normalized spacial score (nSPS) is 16.1. The lowest BCUT2D eigenvalue weighted by Gasteiger charge is -2.26. The van der Waals surface area contributed by atoms with Gasteiger partial charge in [0.25, 0.3) is 5.91 Å². The summed E-state index contributed by atoms with van der Waals surface area (Å²) in [6.07, 6.45) is 1.99. The van der Waals surface area contributed by atoms with E-state index in [0.29, 0.717) is 23.5 Å². The molecule has 7 nitrogen and oxygen atoms in total. The summed E-state index contributed by atoms with van der Waals surface area (Å²) in [5, 5.41) is 11.5. The van der Waals surface area contributed by atoms with Gasteiger partial charge in [0.15, 0.2) is 11.5 Å². The van der Waals surface area contributed by atoms with Gasteiger partial charge in [-0.2, -0.15) is 0 Å². The van der Waals surface area contributed by atoms with E-state index in [2.05, 4.69) is 6.92 Å². The molecule has 172 valence electrons. The molecule has 1 atom stereocenters. The summed E-state index contributed by atoms with van der Waals surface area (Å²) < 4.78 is 16.6. The van der Waals surface area contributed by atoms with Crippen LogP contribution >= 0.6 is 0 Å². The number of nitrogens with zero attached hydrogens (tertiary/aromatic N) is 1. The molecule has 0 saturated heterocycles. The molecule has 0 fully saturated rings. The number of ketones is 1. The lowest BCUT2D eigenvalue weighted by molar-refractivity contribution is -0.130. The number of unbranched alkanes of at least 4 members (excludes halogenated alkanes) is 1. The van der Waals surface area contributed by atoms with E-state index in [1.54, 1.807) is 12.1 Å². The van der Waals surface area contributed by atoms with E-state index in [-0.39, 0.29) is 24.5 Å². The van der Waals surface area contributed by atoms with E-state index in [1.165, 1.54) is 12.0 Å². The van der Waals surface area contributed by atoms with Crippen molar-refractivity contribution in [3.63, 3.8) is 0 Å². The van der Waals surface area contributed by atoms with Crippen LogP contribution in [0, 0.1) is 0 Å². The predicted octanol–water partition coefficient (Wildman–Crippen LogP) is 4.84. The number of benzene rings is 2. The number of aliphatic hydroxyl groups excluding tert-OH is 1. The number of furan rings is 1. The van der Waals surface area contributed by atoms with Gasteiger partial charge in [-0.1, -0.05) is 43.7 Å². The number of para-hydroxylation sites is 1. The lowest BCUT2D eigenvalue weighted by Crippen LogP contribution is -2.34. The third-order valence-corrected chi connectivity index (χ3v) is 5.70. The minimum atomic E-state index is -0.766. The molecular formula is C26H27NO6.